The van der Waals surface area contributed by atoms with Crippen LogP contribution in [0, 0.1) is 5.41 Å². The first kappa shape index (κ1) is 33.4. The number of amides is 3. The highest BCUT2D eigenvalue weighted by Gasteiger charge is 2.39. The van der Waals surface area contributed by atoms with E-state index in [-0.39, 0.29) is 36.0 Å². The number of ether oxygens (including phenoxy) is 1. The van der Waals surface area contributed by atoms with Crippen LogP contribution >= 0.6 is 11.8 Å². The van der Waals surface area contributed by atoms with Crippen LogP contribution in [0.25, 0.3) is 0 Å². The first-order valence-corrected chi connectivity index (χ1v) is 16.4. The van der Waals surface area contributed by atoms with E-state index in [9.17, 15) is 19.2 Å². The number of esters is 1. The van der Waals surface area contributed by atoms with Crippen LogP contribution in [0.15, 0.2) is 53.4 Å². The number of hydrogen-bond donors (Lipinski definition) is 2. The maximum atomic E-state index is 14.1. The number of benzene rings is 2. The Bertz CT molecular complexity index is 1360. The van der Waals surface area contributed by atoms with Crippen molar-refractivity contribution in [1.82, 2.24) is 5.32 Å². The summed E-state index contributed by atoms with van der Waals surface area (Å²) < 4.78 is 5.39. The van der Waals surface area contributed by atoms with Gasteiger partial charge < -0.3 is 25.2 Å². The Morgan fingerprint density at radius 2 is 1.61 bits per heavy atom. The highest BCUT2D eigenvalue weighted by molar-refractivity contribution is 8.00. The molecule has 1 heterocycles. The Balaban J connectivity index is 1.54. The molecule has 238 valence electrons. The van der Waals surface area contributed by atoms with Gasteiger partial charge in [-0.3, -0.25) is 14.4 Å². The zero-order valence-corrected chi connectivity index (χ0v) is 27.6. The van der Waals surface area contributed by atoms with Crippen LogP contribution < -0.4 is 20.4 Å². The summed E-state index contributed by atoms with van der Waals surface area (Å²) in [6, 6.07) is 13.8. The molecule has 2 aliphatic rings. The molecule has 1 saturated carbocycles. The van der Waals surface area contributed by atoms with E-state index in [1.165, 1.54) is 18.2 Å². The molecular formula is C34H46N4O5S. The van der Waals surface area contributed by atoms with Gasteiger partial charge in [0.1, 0.15) is 11.6 Å². The van der Waals surface area contributed by atoms with E-state index in [2.05, 4.69) is 15.5 Å². The maximum Gasteiger partial charge on any atom is 0.319 e. The number of nitrogens with one attached hydrogen (secondary N) is 2. The van der Waals surface area contributed by atoms with Crippen LogP contribution in [-0.2, 0) is 19.1 Å². The van der Waals surface area contributed by atoms with Gasteiger partial charge in [0, 0.05) is 28.6 Å². The summed E-state index contributed by atoms with van der Waals surface area (Å²) >= 11 is 1.32. The third-order valence-electron chi connectivity index (χ3n) is 7.75. The standard InChI is InChI=1S/C34H46N4O5S/c1-33(2,3)29(39)21-38-28-18-11-10-17-27(28)37(24-14-8-7-9-15-24)20-26(31(38)41)36-32(42)35-23-13-12-16-25(19-23)44-22-30(40)43-34(4,5)6/h10-13,16-19,24,26H,7-9,14-15,20-22H2,1-6H3,(H2,35,36,42)/t26-/m1/s1. The van der Waals surface area contributed by atoms with Crippen molar-refractivity contribution in [2.45, 2.75) is 96.2 Å². The van der Waals surface area contributed by atoms with Crippen LogP contribution in [0.1, 0.15) is 73.6 Å². The van der Waals surface area contributed by atoms with Crippen molar-refractivity contribution in [2.75, 3.05) is 34.0 Å². The molecule has 0 unspecified atom stereocenters. The number of para-hydroxylation sites is 2. The lowest BCUT2D eigenvalue weighted by atomic mass is 9.90. The lowest BCUT2D eigenvalue weighted by molar-refractivity contribution is -0.151. The highest BCUT2D eigenvalue weighted by atomic mass is 32.2. The predicted octanol–water partition coefficient (Wildman–Crippen LogP) is 6.41. The number of fused-ring (bicyclic) bond motifs is 1. The molecule has 44 heavy (non-hydrogen) atoms. The summed E-state index contributed by atoms with van der Waals surface area (Å²) in [5, 5.41) is 5.78. The predicted molar refractivity (Wildman–Crippen MR) is 176 cm³/mol. The van der Waals surface area contributed by atoms with E-state index in [0.29, 0.717) is 17.9 Å². The summed E-state index contributed by atoms with van der Waals surface area (Å²) in [4.78, 5) is 57.5. The van der Waals surface area contributed by atoms with Gasteiger partial charge in [-0.25, -0.2) is 4.79 Å². The number of ketones is 1. The lowest BCUT2D eigenvalue weighted by Gasteiger charge is -2.37. The molecule has 1 aliphatic carbocycles. The number of nitrogens with zero attached hydrogens (tertiary/aromatic N) is 2. The average molecular weight is 623 g/mol. The summed E-state index contributed by atoms with van der Waals surface area (Å²) in [6.07, 6.45) is 5.44. The number of carbonyl (C=O) groups is 4. The molecular weight excluding hydrogens is 576 g/mol. The summed E-state index contributed by atoms with van der Waals surface area (Å²) in [7, 11) is 0. The Labute approximate surface area is 265 Å². The smallest absolute Gasteiger partial charge is 0.319 e. The zero-order valence-electron chi connectivity index (χ0n) is 26.8. The van der Waals surface area contributed by atoms with Crippen molar-refractivity contribution in [3.8, 4) is 0 Å². The number of rotatable bonds is 8. The number of anilines is 3. The fraction of sp³-hybridized carbons (Fsp3) is 0.529. The fourth-order valence-electron chi connectivity index (χ4n) is 5.51. The van der Waals surface area contributed by atoms with Crippen LogP contribution in [0.2, 0.25) is 0 Å². The van der Waals surface area contributed by atoms with Gasteiger partial charge in [-0.05, 0) is 63.9 Å². The normalized spacial score (nSPS) is 17.9. The van der Waals surface area contributed by atoms with Crippen LogP contribution in [0.5, 0.6) is 0 Å². The van der Waals surface area contributed by atoms with E-state index in [1.807, 2.05) is 71.9 Å². The molecule has 2 aromatic rings. The van der Waals surface area contributed by atoms with Gasteiger partial charge >= 0.3 is 12.0 Å². The van der Waals surface area contributed by atoms with Crippen molar-refractivity contribution < 1.29 is 23.9 Å². The minimum atomic E-state index is -0.873. The van der Waals surface area contributed by atoms with Crippen LogP contribution in [-0.4, -0.2) is 60.2 Å². The topological polar surface area (TPSA) is 108 Å². The van der Waals surface area contributed by atoms with Gasteiger partial charge in [0.2, 0.25) is 0 Å². The molecule has 10 heteroatoms. The van der Waals surface area contributed by atoms with Crippen molar-refractivity contribution in [1.29, 1.82) is 0 Å². The number of hydrogen-bond acceptors (Lipinski definition) is 7. The zero-order chi connectivity index (χ0) is 32.1. The molecule has 0 bridgehead atoms. The van der Waals surface area contributed by atoms with Crippen molar-refractivity contribution in [3.63, 3.8) is 0 Å². The molecule has 0 spiro atoms. The van der Waals surface area contributed by atoms with E-state index >= 15 is 0 Å². The SMILES string of the molecule is CC(C)(C)OC(=O)CSc1cccc(NC(=O)N[C@@H]2CN(C3CCCCC3)c3ccccc3N(CC(=O)C(C)(C)C)C2=O)c1. The molecule has 0 aromatic heterocycles. The first-order chi connectivity index (χ1) is 20.7. The molecule has 3 amide bonds. The summed E-state index contributed by atoms with van der Waals surface area (Å²) in [5.74, 6) is -0.547. The molecule has 0 saturated heterocycles. The fourth-order valence-corrected chi connectivity index (χ4v) is 6.24. The third kappa shape index (κ3) is 9.00. The Kier molecular flexibility index (Phi) is 10.7. The van der Waals surface area contributed by atoms with Crippen LogP contribution in [0.4, 0.5) is 21.9 Å². The molecule has 2 aromatic carbocycles. The summed E-state index contributed by atoms with van der Waals surface area (Å²) in [6.45, 7) is 11.3. The van der Waals surface area contributed by atoms with Gasteiger partial charge in [-0.15, -0.1) is 11.8 Å². The lowest BCUT2D eigenvalue weighted by Crippen LogP contribution is -2.55. The van der Waals surface area contributed by atoms with Crippen LogP contribution in [0.3, 0.4) is 0 Å². The van der Waals surface area contributed by atoms with Crippen molar-refractivity contribution >= 4 is 52.5 Å². The van der Waals surface area contributed by atoms with Crippen molar-refractivity contribution in [2.24, 2.45) is 5.41 Å². The van der Waals surface area contributed by atoms with E-state index < -0.39 is 23.1 Å². The molecule has 2 N–H and O–H groups in total. The number of carbonyl (C=O) groups excluding carboxylic acids is 4. The number of Topliss-reactive ketones (excluding diaryl/α,β-unsaturated/α-hetero) is 1. The van der Waals surface area contributed by atoms with E-state index in [0.717, 1.165) is 36.3 Å². The second-order valence-electron chi connectivity index (χ2n) is 13.6. The minimum absolute atomic E-state index is 0.0596. The minimum Gasteiger partial charge on any atom is -0.459 e. The number of thioether (sulfide) groups is 1. The van der Waals surface area contributed by atoms with Crippen molar-refractivity contribution in [3.05, 3.63) is 48.5 Å². The quantitative estimate of drug-likeness (QED) is 0.259. The highest BCUT2D eigenvalue weighted by Crippen LogP contribution is 2.37. The largest absolute Gasteiger partial charge is 0.459 e. The van der Waals surface area contributed by atoms with E-state index in [4.69, 9.17) is 4.74 Å². The first-order valence-electron chi connectivity index (χ1n) is 15.4. The second-order valence-corrected chi connectivity index (χ2v) is 14.6. The van der Waals surface area contributed by atoms with Gasteiger partial charge in [-0.1, -0.05) is 58.2 Å². The average Bonchev–Trinajstić information content (AvgIpc) is 3.06. The monoisotopic (exact) mass is 622 g/mol. The molecule has 1 fully saturated rings. The number of urea groups is 1. The molecule has 9 nitrogen and oxygen atoms in total. The van der Waals surface area contributed by atoms with Gasteiger partial charge in [0.15, 0.2) is 5.78 Å². The van der Waals surface area contributed by atoms with Gasteiger partial charge in [0.25, 0.3) is 5.91 Å². The Morgan fingerprint density at radius 1 is 0.932 bits per heavy atom. The Morgan fingerprint density at radius 3 is 2.27 bits per heavy atom. The van der Waals surface area contributed by atoms with Gasteiger partial charge in [-0.2, -0.15) is 0 Å². The molecule has 4 rings (SSSR count). The van der Waals surface area contributed by atoms with Gasteiger partial charge in [0.05, 0.1) is 23.7 Å². The van der Waals surface area contributed by atoms with E-state index in [1.54, 1.807) is 23.1 Å². The molecule has 0 radical (unpaired) electrons. The Hall–Kier alpha value is -3.53. The maximum absolute atomic E-state index is 14.1. The third-order valence-corrected chi connectivity index (χ3v) is 8.72. The molecule has 1 atom stereocenters. The summed E-state index contributed by atoms with van der Waals surface area (Å²) in [5.41, 5.74) is 0.953. The molecule has 1 aliphatic heterocycles. The second kappa shape index (κ2) is 14.1.